The van der Waals surface area contributed by atoms with E-state index in [2.05, 4.69) is 24.1 Å². The van der Waals surface area contributed by atoms with Crippen LogP contribution in [0.5, 0.6) is 0 Å². The highest BCUT2D eigenvalue weighted by molar-refractivity contribution is 7.89. The van der Waals surface area contributed by atoms with E-state index in [-0.39, 0.29) is 10.8 Å². The van der Waals surface area contributed by atoms with Gasteiger partial charge in [0.15, 0.2) is 0 Å². The lowest BCUT2D eigenvalue weighted by Crippen LogP contribution is -2.40. The lowest BCUT2D eigenvalue weighted by Gasteiger charge is -2.32. The van der Waals surface area contributed by atoms with Crippen molar-refractivity contribution in [2.24, 2.45) is 0 Å². The van der Waals surface area contributed by atoms with Gasteiger partial charge in [0.05, 0.1) is 15.6 Å². The van der Waals surface area contributed by atoms with Gasteiger partial charge in [0, 0.05) is 38.1 Å². The molecule has 1 aliphatic heterocycles. The average Bonchev–Trinajstić information content (AvgIpc) is 3.37. The first-order chi connectivity index (χ1) is 13.8. The van der Waals surface area contributed by atoms with Gasteiger partial charge in [-0.1, -0.05) is 24.4 Å². The average molecular weight is 442 g/mol. The molecule has 1 aromatic rings. The Morgan fingerprint density at radius 2 is 1.86 bits per heavy atom. The topological polar surface area (TPSA) is 69.7 Å². The quantitative estimate of drug-likeness (QED) is 0.659. The molecule has 0 bridgehead atoms. The summed E-state index contributed by atoms with van der Waals surface area (Å²) in [5, 5.41) is 3.16. The summed E-state index contributed by atoms with van der Waals surface area (Å²) < 4.78 is 27.1. The van der Waals surface area contributed by atoms with E-state index in [4.69, 9.17) is 11.6 Å². The van der Waals surface area contributed by atoms with Gasteiger partial charge in [-0.3, -0.25) is 9.69 Å². The second-order valence-electron chi connectivity index (χ2n) is 8.32. The summed E-state index contributed by atoms with van der Waals surface area (Å²) in [5.74, 6) is -0.147. The zero-order chi connectivity index (χ0) is 21.0. The number of benzene rings is 1. The zero-order valence-corrected chi connectivity index (χ0v) is 18.9. The second-order valence-corrected chi connectivity index (χ2v) is 10.7. The molecule has 29 heavy (non-hydrogen) atoms. The van der Waals surface area contributed by atoms with E-state index >= 15 is 0 Å². The van der Waals surface area contributed by atoms with Crippen molar-refractivity contribution in [1.29, 1.82) is 0 Å². The van der Waals surface area contributed by atoms with Crippen molar-refractivity contribution in [2.75, 3.05) is 25.0 Å². The lowest BCUT2D eigenvalue weighted by molar-refractivity contribution is -0.116. The number of carbonyl (C=O) groups is 1. The van der Waals surface area contributed by atoms with Gasteiger partial charge in [-0.25, -0.2) is 8.42 Å². The van der Waals surface area contributed by atoms with Gasteiger partial charge in [-0.05, 0) is 57.7 Å². The molecular weight excluding hydrogens is 410 g/mol. The molecule has 1 aliphatic carbocycles. The molecule has 162 valence electrons. The van der Waals surface area contributed by atoms with Crippen LogP contribution in [0, 0.1) is 0 Å². The molecule has 3 rings (SSSR count). The van der Waals surface area contributed by atoms with E-state index in [0.717, 1.165) is 12.8 Å². The summed E-state index contributed by atoms with van der Waals surface area (Å²) in [6.45, 7) is 6.11. The van der Waals surface area contributed by atoms with E-state index in [1.54, 1.807) is 6.07 Å². The van der Waals surface area contributed by atoms with E-state index < -0.39 is 10.0 Å². The lowest BCUT2D eigenvalue weighted by atomic mass is 10.1. The molecule has 1 aromatic carbocycles. The Morgan fingerprint density at radius 1 is 1.21 bits per heavy atom. The molecule has 8 heteroatoms. The van der Waals surface area contributed by atoms with Gasteiger partial charge >= 0.3 is 0 Å². The van der Waals surface area contributed by atoms with Crippen LogP contribution in [0.15, 0.2) is 23.1 Å². The van der Waals surface area contributed by atoms with Crippen LogP contribution in [0.2, 0.25) is 5.02 Å². The number of nitrogens with one attached hydrogen (secondary N) is 1. The molecule has 6 nitrogen and oxygen atoms in total. The summed E-state index contributed by atoms with van der Waals surface area (Å²) >= 11 is 6.23. The molecule has 1 heterocycles. The van der Waals surface area contributed by atoms with Crippen LogP contribution in [0.1, 0.15) is 58.8 Å². The van der Waals surface area contributed by atoms with Crippen molar-refractivity contribution in [1.82, 2.24) is 9.21 Å². The number of rotatable bonds is 8. The first kappa shape index (κ1) is 22.5. The third-order valence-corrected chi connectivity index (χ3v) is 8.19. The normalized spacial score (nSPS) is 18.8. The molecule has 1 amide bonds. The minimum Gasteiger partial charge on any atom is -0.325 e. The molecule has 0 unspecified atom stereocenters. The van der Waals surface area contributed by atoms with Crippen LogP contribution >= 0.6 is 11.6 Å². The maximum absolute atomic E-state index is 12.8. The Morgan fingerprint density at radius 3 is 2.48 bits per heavy atom. The van der Waals surface area contributed by atoms with Crippen molar-refractivity contribution < 1.29 is 13.2 Å². The van der Waals surface area contributed by atoms with Crippen LogP contribution in [0.3, 0.4) is 0 Å². The van der Waals surface area contributed by atoms with Gasteiger partial charge in [0.25, 0.3) is 0 Å². The predicted octanol–water partition coefficient (Wildman–Crippen LogP) is 4.11. The van der Waals surface area contributed by atoms with E-state index in [9.17, 15) is 13.2 Å². The highest BCUT2D eigenvalue weighted by Gasteiger charge is 2.28. The number of nitrogens with zero attached hydrogens (tertiary/aromatic N) is 2. The van der Waals surface area contributed by atoms with E-state index in [1.165, 1.54) is 42.1 Å². The minimum absolute atomic E-state index is 0.147. The Kier molecular flexibility index (Phi) is 7.59. The zero-order valence-electron chi connectivity index (χ0n) is 17.4. The number of hydrogen-bond acceptors (Lipinski definition) is 4. The largest absolute Gasteiger partial charge is 0.325 e. The smallest absolute Gasteiger partial charge is 0.243 e. The van der Waals surface area contributed by atoms with Gasteiger partial charge in [-0.2, -0.15) is 4.31 Å². The minimum atomic E-state index is -3.55. The first-order valence-corrected chi connectivity index (χ1v) is 12.5. The molecule has 1 saturated heterocycles. The summed E-state index contributed by atoms with van der Waals surface area (Å²) in [6.07, 6.45) is 7.02. The van der Waals surface area contributed by atoms with Crippen LogP contribution < -0.4 is 5.32 Å². The van der Waals surface area contributed by atoms with Crippen LogP contribution in [0.4, 0.5) is 5.69 Å². The fourth-order valence-electron chi connectivity index (χ4n) is 4.38. The van der Waals surface area contributed by atoms with Crippen LogP contribution in [0.25, 0.3) is 0 Å². The molecule has 2 aliphatic rings. The highest BCUT2D eigenvalue weighted by Crippen LogP contribution is 2.29. The number of halogens is 1. The molecular formula is C21H32ClN3O3S. The Bertz CT molecular complexity index is 816. The molecule has 1 saturated carbocycles. The number of sulfonamides is 1. The highest BCUT2D eigenvalue weighted by atomic mass is 35.5. The Hall–Kier alpha value is -1.15. The summed E-state index contributed by atoms with van der Waals surface area (Å²) in [5.41, 5.74) is 0.355. The van der Waals surface area contributed by atoms with Crippen molar-refractivity contribution in [2.45, 2.75) is 75.8 Å². The first-order valence-electron chi connectivity index (χ1n) is 10.6. The Labute approximate surface area is 179 Å². The molecule has 0 spiro atoms. The van der Waals surface area contributed by atoms with Crippen LogP contribution in [-0.4, -0.2) is 55.2 Å². The van der Waals surface area contributed by atoms with Gasteiger partial charge in [0.1, 0.15) is 0 Å². The standard InChI is InChI=1S/C21H32ClN3O3S/c1-16(2)25(17-7-3-4-8-17)14-11-21(26)23-20-15-18(9-10-19(20)22)29(27,28)24-12-5-6-13-24/h9-10,15-17H,3-8,11-14H2,1-2H3,(H,23,26). The summed E-state index contributed by atoms with van der Waals surface area (Å²) in [4.78, 5) is 15.1. The summed E-state index contributed by atoms with van der Waals surface area (Å²) in [7, 11) is -3.55. The monoisotopic (exact) mass is 441 g/mol. The number of hydrogen-bond donors (Lipinski definition) is 1. The third-order valence-electron chi connectivity index (χ3n) is 5.97. The van der Waals surface area contributed by atoms with Crippen molar-refractivity contribution >= 4 is 33.2 Å². The summed E-state index contributed by atoms with van der Waals surface area (Å²) in [6, 6.07) is 5.47. The van der Waals surface area contributed by atoms with E-state index in [0.29, 0.717) is 48.8 Å². The van der Waals surface area contributed by atoms with E-state index in [1.807, 2.05) is 0 Å². The molecule has 2 fully saturated rings. The molecule has 0 radical (unpaired) electrons. The van der Waals surface area contributed by atoms with Crippen molar-refractivity contribution in [3.63, 3.8) is 0 Å². The molecule has 0 aromatic heterocycles. The maximum Gasteiger partial charge on any atom is 0.243 e. The van der Waals surface area contributed by atoms with Crippen molar-refractivity contribution in [3.8, 4) is 0 Å². The third kappa shape index (κ3) is 5.51. The number of anilines is 1. The SMILES string of the molecule is CC(C)N(CCC(=O)Nc1cc(S(=O)(=O)N2CCCC2)ccc1Cl)C1CCCC1. The molecule has 0 atom stereocenters. The maximum atomic E-state index is 12.8. The van der Waals surface area contributed by atoms with Crippen molar-refractivity contribution in [3.05, 3.63) is 23.2 Å². The van der Waals surface area contributed by atoms with Crippen LogP contribution in [-0.2, 0) is 14.8 Å². The Balaban J connectivity index is 1.65. The fraction of sp³-hybridized carbons (Fsp3) is 0.667. The fourth-order valence-corrected chi connectivity index (χ4v) is 6.09. The predicted molar refractivity (Wildman–Crippen MR) is 117 cm³/mol. The van der Waals surface area contributed by atoms with Gasteiger partial charge < -0.3 is 5.32 Å². The number of amides is 1. The number of carbonyl (C=O) groups excluding carboxylic acids is 1. The van der Waals surface area contributed by atoms with Gasteiger partial charge in [0.2, 0.25) is 15.9 Å². The second kappa shape index (κ2) is 9.77. The van der Waals surface area contributed by atoms with Gasteiger partial charge in [-0.15, -0.1) is 0 Å². The molecule has 1 N–H and O–H groups in total.